The molecule has 0 saturated carbocycles. The van der Waals surface area contributed by atoms with Crippen molar-refractivity contribution in [3.05, 3.63) is 35.9 Å². The molecule has 0 aliphatic carbocycles. The lowest BCUT2D eigenvalue weighted by Crippen LogP contribution is -2.34. The summed E-state index contributed by atoms with van der Waals surface area (Å²) in [5, 5.41) is 0. The van der Waals surface area contributed by atoms with E-state index in [2.05, 4.69) is 24.5 Å². The molecule has 0 radical (unpaired) electrons. The zero-order chi connectivity index (χ0) is 9.10. The molecule has 0 aromatic heterocycles. The molecule has 1 fully saturated rings. The number of hydroxylamine groups is 1. The lowest BCUT2D eigenvalue weighted by atomic mass is 10.2. The highest BCUT2D eigenvalue weighted by molar-refractivity contribution is 7.99. The van der Waals surface area contributed by atoms with E-state index in [4.69, 9.17) is 4.84 Å². The Morgan fingerprint density at radius 3 is 2.77 bits per heavy atom. The van der Waals surface area contributed by atoms with Crippen LogP contribution in [0, 0.1) is 0 Å². The first-order chi connectivity index (χ1) is 6.36. The molecule has 1 aromatic rings. The van der Waals surface area contributed by atoms with E-state index < -0.39 is 0 Å². The minimum Gasteiger partial charge on any atom is -0.282 e. The highest BCUT2D eigenvalue weighted by Gasteiger charge is 2.19. The van der Waals surface area contributed by atoms with E-state index in [0.717, 1.165) is 5.75 Å². The first-order valence-corrected chi connectivity index (χ1v) is 5.49. The molecule has 1 aliphatic heterocycles. The summed E-state index contributed by atoms with van der Waals surface area (Å²) >= 11 is 1.84. The predicted octanol–water partition coefficient (Wildman–Crippen LogP) is 2.34. The second-order valence-electron chi connectivity index (χ2n) is 3.21. The fourth-order valence-electron chi connectivity index (χ4n) is 1.25. The van der Waals surface area contributed by atoms with Gasteiger partial charge < -0.3 is 0 Å². The van der Waals surface area contributed by atoms with Crippen LogP contribution >= 0.6 is 11.8 Å². The quantitative estimate of drug-likeness (QED) is 0.743. The topological polar surface area (TPSA) is 21.3 Å². The van der Waals surface area contributed by atoms with E-state index in [1.54, 1.807) is 0 Å². The molecule has 0 unspecified atom stereocenters. The third-order valence-electron chi connectivity index (χ3n) is 1.95. The van der Waals surface area contributed by atoms with Crippen LogP contribution < -0.4 is 5.48 Å². The zero-order valence-electron chi connectivity index (χ0n) is 7.57. The molecule has 1 aliphatic rings. The van der Waals surface area contributed by atoms with Crippen molar-refractivity contribution < 1.29 is 4.84 Å². The summed E-state index contributed by atoms with van der Waals surface area (Å²) in [6.45, 7) is 2.12. The molecule has 13 heavy (non-hydrogen) atoms. The van der Waals surface area contributed by atoms with Gasteiger partial charge in [0.1, 0.15) is 5.44 Å². The van der Waals surface area contributed by atoms with E-state index in [0.29, 0.717) is 6.04 Å². The number of hydrogen-bond acceptors (Lipinski definition) is 3. The van der Waals surface area contributed by atoms with E-state index in [1.165, 1.54) is 5.56 Å². The molecule has 70 valence electrons. The molecule has 0 spiro atoms. The molecule has 2 nitrogen and oxygen atoms in total. The number of hydrogen-bond donors (Lipinski definition) is 1. The Morgan fingerprint density at radius 1 is 1.38 bits per heavy atom. The van der Waals surface area contributed by atoms with Crippen LogP contribution in [0.4, 0.5) is 0 Å². The molecule has 2 rings (SSSR count). The number of rotatable bonds is 1. The Kier molecular flexibility index (Phi) is 2.88. The maximum atomic E-state index is 5.49. The zero-order valence-corrected chi connectivity index (χ0v) is 8.38. The molecule has 1 aromatic carbocycles. The predicted molar refractivity (Wildman–Crippen MR) is 55.3 cm³/mol. The van der Waals surface area contributed by atoms with Gasteiger partial charge in [-0.15, -0.1) is 11.8 Å². The Hall–Kier alpha value is -0.510. The van der Waals surface area contributed by atoms with Gasteiger partial charge in [-0.05, 0) is 12.5 Å². The van der Waals surface area contributed by atoms with Crippen molar-refractivity contribution in [1.82, 2.24) is 5.48 Å². The number of thioether (sulfide) groups is 1. The monoisotopic (exact) mass is 195 g/mol. The van der Waals surface area contributed by atoms with Crippen LogP contribution in [0.15, 0.2) is 30.3 Å². The van der Waals surface area contributed by atoms with Crippen LogP contribution in [0.25, 0.3) is 0 Å². The Morgan fingerprint density at radius 2 is 2.15 bits per heavy atom. The van der Waals surface area contributed by atoms with Gasteiger partial charge in [-0.1, -0.05) is 30.3 Å². The maximum absolute atomic E-state index is 5.49. The third-order valence-corrected chi connectivity index (χ3v) is 3.31. The van der Waals surface area contributed by atoms with E-state index in [9.17, 15) is 0 Å². The summed E-state index contributed by atoms with van der Waals surface area (Å²) in [6.07, 6.45) is 0. The van der Waals surface area contributed by atoms with Gasteiger partial charge in [-0.2, -0.15) is 5.48 Å². The summed E-state index contributed by atoms with van der Waals surface area (Å²) in [4.78, 5) is 5.49. The number of benzene rings is 1. The Labute approximate surface area is 82.6 Å². The fraction of sp³-hybridized carbons (Fsp3) is 0.400. The summed E-state index contributed by atoms with van der Waals surface area (Å²) in [7, 11) is 0. The highest BCUT2D eigenvalue weighted by atomic mass is 32.2. The van der Waals surface area contributed by atoms with E-state index in [1.807, 2.05) is 30.0 Å². The second-order valence-corrected chi connectivity index (χ2v) is 4.31. The fourth-order valence-corrected chi connectivity index (χ4v) is 2.26. The normalized spacial score (nSPS) is 28.7. The van der Waals surface area contributed by atoms with E-state index >= 15 is 0 Å². The van der Waals surface area contributed by atoms with Crippen LogP contribution in [0.2, 0.25) is 0 Å². The summed E-state index contributed by atoms with van der Waals surface area (Å²) < 4.78 is 0. The standard InChI is InChI=1S/C10H13NOS/c1-8-7-13-10(12-11-8)9-5-3-2-4-6-9/h2-6,8,10-11H,7H2,1H3/t8-,10+/m1/s1. The average molecular weight is 195 g/mol. The second kappa shape index (κ2) is 4.13. The number of nitrogens with one attached hydrogen (secondary N) is 1. The van der Waals surface area contributed by atoms with Crippen LogP contribution in [-0.2, 0) is 4.84 Å². The first-order valence-electron chi connectivity index (χ1n) is 4.44. The van der Waals surface area contributed by atoms with Gasteiger partial charge in [0.15, 0.2) is 0 Å². The van der Waals surface area contributed by atoms with Gasteiger partial charge in [0.05, 0.1) is 0 Å². The van der Waals surface area contributed by atoms with Crippen molar-refractivity contribution in [3.63, 3.8) is 0 Å². The summed E-state index contributed by atoms with van der Waals surface area (Å²) in [5.74, 6) is 1.10. The molecule has 1 heterocycles. The molecule has 0 amide bonds. The Balaban J connectivity index is 2.03. The van der Waals surface area contributed by atoms with Crippen LogP contribution in [0.5, 0.6) is 0 Å². The van der Waals surface area contributed by atoms with Crippen LogP contribution in [0.3, 0.4) is 0 Å². The molecular formula is C10H13NOS. The van der Waals surface area contributed by atoms with Gasteiger partial charge in [-0.3, -0.25) is 4.84 Å². The van der Waals surface area contributed by atoms with Crippen molar-refractivity contribution in [3.8, 4) is 0 Å². The lowest BCUT2D eigenvalue weighted by molar-refractivity contribution is -0.00175. The molecular weight excluding hydrogens is 182 g/mol. The summed E-state index contributed by atoms with van der Waals surface area (Å²) in [6, 6.07) is 10.7. The molecule has 0 bridgehead atoms. The average Bonchev–Trinajstić information content (AvgIpc) is 2.20. The molecule has 1 saturated heterocycles. The van der Waals surface area contributed by atoms with Crippen molar-refractivity contribution in [2.24, 2.45) is 0 Å². The molecule has 1 N–H and O–H groups in total. The van der Waals surface area contributed by atoms with Gasteiger partial charge in [0.2, 0.25) is 0 Å². The molecule has 3 heteroatoms. The van der Waals surface area contributed by atoms with E-state index in [-0.39, 0.29) is 5.44 Å². The first kappa shape index (κ1) is 9.06. The van der Waals surface area contributed by atoms with Gasteiger partial charge >= 0.3 is 0 Å². The van der Waals surface area contributed by atoms with Gasteiger partial charge in [0.25, 0.3) is 0 Å². The smallest absolute Gasteiger partial charge is 0.150 e. The van der Waals surface area contributed by atoms with Crippen molar-refractivity contribution in [2.45, 2.75) is 18.4 Å². The van der Waals surface area contributed by atoms with Crippen molar-refractivity contribution in [2.75, 3.05) is 5.75 Å². The molecule has 2 atom stereocenters. The highest BCUT2D eigenvalue weighted by Crippen LogP contribution is 2.32. The van der Waals surface area contributed by atoms with Crippen molar-refractivity contribution >= 4 is 11.8 Å². The lowest BCUT2D eigenvalue weighted by Gasteiger charge is -2.27. The minimum atomic E-state index is 0.150. The summed E-state index contributed by atoms with van der Waals surface area (Å²) in [5.41, 5.74) is 4.39. The van der Waals surface area contributed by atoms with Crippen molar-refractivity contribution in [1.29, 1.82) is 0 Å². The van der Waals surface area contributed by atoms with Gasteiger partial charge in [-0.25, -0.2) is 0 Å². The SMILES string of the molecule is C[C@@H]1CS[C@@H](c2ccccc2)ON1. The van der Waals surface area contributed by atoms with Gasteiger partial charge in [0, 0.05) is 11.8 Å². The minimum absolute atomic E-state index is 0.150. The largest absolute Gasteiger partial charge is 0.282 e. The third kappa shape index (κ3) is 2.24. The Bertz CT molecular complexity index is 257. The van der Waals surface area contributed by atoms with Crippen LogP contribution in [-0.4, -0.2) is 11.8 Å². The van der Waals surface area contributed by atoms with Crippen LogP contribution in [0.1, 0.15) is 17.9 Å². The maximum Gasteiger partial charge on any atom is 0.150 e.